The second-order valence-corrected chi connectivity index (χ2v) is 8.50. The molecule has 0 aliphatic heterocycles. The van der Waals surface area contributed by atoms with Gasteiger partial charge in [-0.05, 0) is 43.2 Å². The molecular formula is C26H22N2O2. The van der Waals surface area contributed by atoms with Crippen LogP contribution >= 0.6 is 0 Å². The van der Waals surface area contributed by atoms with Crippen LogP contribution in [0.3, 0.4) is 0 Å². The molecule has 0 unspecified atom stereocenters. The van der Waals surface area contributed by atoms with Gasteiger partial charge in [-0.15, -0.1) is 0 Å². The fourth-order valence-electron chi connectivity index (χ4n) is 5.67. The summed E-state index contributed by atoms with van der Waals surface area (Å²) >= 11 is 0. The Morgan fingerprint density at radius 3 is 2.27 bits per heavy atom. The summed E-state index contributed by atoms with van der Waals surface area (Å²) in [5, 5.41) is 9.98. The zero-order valence-electron chi connectivity index (χ0n) is 16.8. The molecule has 3 aliphatic carbocycles. The van der Waals surface area contributed by atoms with Crippen LogP contribution in [-0.2, 0) is 0 Å². The number of nitriles is 1. The predicted octanol–water partition coefficient (Wildman–Crippen LogP) is 4.62. The zero-order valence-corrected chi connectivity index (χ0v) is 16.8. The summed E-state index contributed by atoms with van der Waals surface area (Å²) in [5.74, 6) is -1.06. The summed E-state index contributed by atoms with van der Waals surface area (Å²) in [5.41, 5.74) is 9.25. The van der Waals surface area contributed by atoms with Gasteiger partial charge in [-0.2, -0.15) is 5.26 Å². The van der Waals surface area contributed by atoms with Crippen molar-refractivity contribution in [3.05, 3.63) is 93.7 Å². The highest BCUT2D eigenvalue weighted by Gasteiger charge is 2.64. The average Bonchev–Trinajstić information content (AvgIpc) is 2.99. The summed E-state index contributed by atoms with van der Waals surface area (Å²) in [7, 11) is 0. The third-order valence-corrected chi connectivity index (χ3v) is 7.02. The van der Waals surface area contributed by atoms with Gasteiger partial charge in [-0.1, -0.05) is 60.2 Å². The fourth-order valence-corrected chi connectivity index (χ4v) is 5.67. The van der Waals surface area contributed by atoms with Crippen molar-refractivity contribution < 1.29 is 9.59 Å². The van der Waals surface area contributed by atoms with Crippen LogP contribution in [0.15, 0.2) is 71.5 Å². The number of nitrogens with zero attached hydrogens (tertiary/aromatic N) is 1. The van der Waals surface area contributed by atoms with Crippen LogP contribution in [0, 0.1) is 29.6 Å². The molecule has 1 spiro atoms. The van der Waals surface area contributed by atoms with Gasteiger partial charge in [-0.25, -0.2) is 0 Å². The molecule has 0 aromatic heterocycles. The normalized spacial score (nSPS) is 24.3. The van der Waals surface area contributed by atoms with Crippen molar-refractivity contribution in [2.45, 2.75) is 32.1 Å². The van der Waals surface area contributed by atoms with Crippen LogP contribution in [0.25, 0.3) is 0 Å². The van der Waals surface area contributed by atoms with Crippen molar-refractivity contribution in [2.75, 3.05) is 0 Å². The van der Waals surface area contributed by atoms with Gasteiger partial charge < -0.3 is 5.73 Å². The number of carbonyl (C=O) groups excluding carboxylic acids is 2. The molecule has 0 radical (unpaired) electrons. The number of hydrogen-bond acceptors (Lipinski definition) is 4. The van der Waals surface area contributed by atoms with Gasteiger partial charge in [0.1, 0.15) is 11.5 Å². The lowest BCUT2D eigenvalue weighted by Crippen LogP contribution is -2.51. The maximum atomic E-state index is 13.9. The molecule has 2 aromatic carbocycles. The molecule has 148 valence electrons. The Morgan fingerprint density at radius 1 is 1.03 bits per heavy atom. The molecule has 2 N–H and O–H groups in total. The third-order valence-electron chi connectivity index (χ3n) is 7.02. The standard InChI is InChI=1S/C26H22N2O2/c1-15-10-12-16(13-11-15)22-18-7-3-2-6-17(18)21(14-27)23(28)26(22)24(29)19-8-4-5-9-20(19)25(26)30/h4-6,8-13,18,22H,2-3,7,28H2,1H3/t18-,22+/m1/s1. The molecule has 4 heteroatoms. The highest BCUT2D eigenvalue weighted by atomic mass is 16.2. The molecule has 2 aromatic rings. The number of carbonyl (C=O) groups is 2. The second-order valence-electron chi connectivity index (χ2n) is 8.50. The van der Waals surface area contributed by atoms with E-state index in [9.17, 15) is 14.9 Å². The molecule has 3 aliphatic rings. The number of benzene rings is 2. The Balaban J connectivity index is 1.87. The van der Waals surface area contributed by atoms with E-state index in [1.807, 2.05) is 31.2 Å². The number of allylic oxidation sites excluding steroid dienone is 4. The molecule has 2 atom stereocenters. The largest absolute Gasteiger partial charge is 0.400 e. The monoisotopic (exact) mass is 394 g/mol. The first kappa shape index (κ1) is 18.6. The number of hydrogen-bond donors (Lipinski definition) is 1. The Hall–Kier alpha value is -3.45. The Labute approximate surface area is 175 Å². The topological polar surface area (TPSA) is 83.9 Å². The summed E-state index contributed by atoms with van der Waals surface area (Å²) in [6.07, 6.45) is 4.73. The number of ketones is 2. The van der Waals surface area contributed by atoms with Gasteiger partial charge in [0.05, 0.1) is 5.57 Å². The van der Waals surface area contributed by atoms with Crippen molar-refractivity contribution in [3.8, 4) is 6.07 Å². The number of fused-ring (bicyclic) bond motifs is 2. The smallest absolute Gasteiger partial charge is 0.184 e. The van der Waals surface area contributed by atoms with E-state index >= 15 is 0 Å². The molecular weight excluding hydrogens is 372 g/mol. The summed E-state index contributed by atoms with van der Waals surface area (Å²) in [6.45, 7) is 2.01. The van der Waals surface area contributed by atoms with Crippen LogP contribution in [0.4, 0.5) is 0 Å². The number of Topliss-reactive ketones (excluding diaryl/α,β-unsaturated/α-hetero) is 2. The average molecular weight is 394 g/mol. The minimum absolute atomic E-state index is 0.0920. The summed E-state index contributed by atoms with van der Waals surface area (Å²) in [4.78, 5) is 27.8. The minimum Gasteiger partial charge on any atom is -0.400 e. The molecule has 4 nitrogen and oxygen atoms in total. The maximum Gasteiger partial charge on any atom is 0.184 e. The highest BCUT2D eigenvalue weighted by Crippen LogP contribution is 2.60. The second kappa shape index (κ2) is 6.53. The molecule has 0 bridgehead atoms. The van der Waals surface area contributed by atoms with E-state index in [1.54, 1.807) is 24.3 Å². The first-order chi connectivity index (χ1) is 14.5. The molecule has 5 rings (SSSR count). The first-order valence-corrected chi connectivity index (χ1v) is 10.4. The van der Waals surface area contributed by atoms with Crippen LogP contribution < -0.4 is 5.73 Å². The predicted molar refractivity (Wildman–Crippen MR) is 114 cm³/mol. The van der Waals surface area contributed by atoms with Crippen molar-refractivity contribution in [1.82, 2.24) is 0 Å². The summed E-state index contributed by atoms with van der Waals surface area (Å²) in [6, 6.07) is 17.2. The van der Waals surface area contributed by atoms with E-state index in [1.165, 1.54) is 0 Å². The van der Waals surface area contributed by atoms with Crippen LogP contribution in [-0.4, -0.2) is 11.6 Å². The van der Waals surface area contributed by atoms with Crippen LogP contribution in [0.2, 0.25) is 0 Å². The summed E-state index contributed by atoms with van der Waals surface area (Å²) < 4.78 is 0. The third kappa shape index (κ3) is 2.21. The van der Waals surface area contributed by atoms with Crippen LogP contribution in [0.1, 0.15) is 57.0 Å². The van der Waals surface area contributed by atoms with Gasteiger partial charge >= 0.3 is 0 Å². The maximum absolute atomic E-state index is 13.9. The first-order valence-electron chi connectivity index (χ1n) is 10.4. The Bertz CT molecular complexity index is 1160. The number of rotatable bonds is 1. The van der Waals surface area contributed by atoms with E-state index in [4.69, 9.17) is 5.73 Å². The highest BCUT2D eigenvalue weighted by molar-refractivity contribution is 6.32. The zero-order chi connectivity index (χ0) is 21.0. The minimum atomic E-state index is -1.55. The van der Waals surface area contributed by atoms with Crippen LogP contribution in [0.5, 0.6) is 0 Å². The lowest BCUT2D eigenvalue weighted by molar-refractivity contribution is 0.0659. The van der Waals surface area contributed by atoms with Crippen molar-refractivity contribution in [2.24, 2.45) is 17.1 Å². The van der Waals surface area contributed by atoms with Crippen molar-refractivity contribution in [3.63, 3.8) is 0 Å². The van der Waals surface area contributed by atoms with Gasteiger partial charge in [0.25, 0.3) is 0 Å². The van der Waals surface area contributed by atoms with E-state index in [0.717, 1.165) is 36.0 Å². The van der Waals surface area contributed by atoms with Crippen molar-refractivity contribution >= 4 is 11.6 Å². The Kier molecular flexibility index (Phi) is 4.04. The molecule has 0 fully saturated rings. The van der Waals surface area contributed by atoms with Gasteiger partial charge in [0.2, 0.25) is 0 Å². The quantitative estimate of drug-likeness (QED) is 0.715. The number of nitrogens with two attached hydrogens (primary N) is 1. The SMILES string of the molecule is Cc1ccc([C@H]2[C@@H]3CCCC=C3C(C#N)=C(N)C23C(=O)c2ccccc2C3=O)cc1. The van der Waals surface area contributed by atoms with E-state index in [-0.39, 0.29) is 23.2 Å². The lowest BCUT2D eigenvalue weighted by atomic mass is 9.54. The lowest BCUT2D eigenvalue weighted by Gasteiger charge is -2.46. The van der Waals surface area contributed by atoms with E-state index in [0.29, 0.717) is 16.7 Å². The molecule has 0 saturated heterocycles. The van der Waals surface area contributed by atoms with E-state index in [2.05, 4.69) is 12.1 Å². The number of aryl methyl sites for hydroxylation is 1. The van der Waals surface area contributed by atoms with E-state index < -0.39 is 11.3 Å². The van der Waals surface area contributed by atoms with Gasteiger partial charge in [0, 0.05) is 22.7 Å². The molecule has 30 heavy (non-hydrogen) atoms. The Morgan fingerprint density at radius 2 is 1.67 bits per heavy atom. The van der Waals surface area contributed by atoms with Crippen molar-refractivity contribution in [1.29, 1.82) is 5.26 Å². The van der Waals surface area contributed by atoms with Gasteiger partial charge in [0.15, 0.2) is 11.6 Å². The van der Waals surface area contributed by atoms with Gasteiger partial charge in [-0.3, -0.25) is 9.59 Å². The molecule has 0 saturated carbocycles. The fraction of sp³-hybridized carbons (Fsp3) is 0.269. The molecule has 0 amide bonds. The molecule has 0 heterocycles.